The first-order valence-electron chi connectivity index (χ1n) is 8.71. The van der Waals surface area contributed by atoms with Crippen LogP contribution in [0.25, 0.3) is 22.3 Å². The Morgan fingerprint density at radius 2 is 1.93 bits per heavy atom. The van der Waals surface area contributed by atoms with Crippen LogP contribution in [0.4, 0.5) is 13.2 Å². The summed E-state index contributed by atoms with van der Waals surface area (Å²) in [5.41, 5.74) is 1.84. The Labute approximate surface area is 163 Å². The Bertz CT molecular complexity index is 1030. The second-order valence-electron chi connectivity index (χ2n) is 6.09. The fourth-order valence-corrected chi connectivity index (χ4v) is 2.66. The number of nitrogens with one attached hydrogen (secondary N) is 1. The molecular weight excluding hydrogens is 389 g/mol. The number of ether oxygens (including phenoxy) is 1. The highest BCUT2D eigenvalue weighted by Gasteiger charge is 2.28. The zero-order chi connectivity index (χ0) is 21.0. The van der Waals surface area contributed by atoms with Gasteiger partial charge in [0.2, 0.25) is 0 Å². The van der Waals surface area contributed by atoms with Gasteiger partial charge in [-0.2, -0.15) is 18.3 Å². The van der Waals surface area contributed by atoms with Crippen molar-refractivity contribution in [3.05, 3.63) is 48.2 Å². The maximum absolute atomic E-state index is 12.6. The minimum absolute atomic E-state index is 0.122. The third kappa shape index (κ3) is 4.89. The van der Waals surface area contributed by atoms with E-state index in [-0.39, 0.29) is 5.56 Å². The number of rotatable bonds is 6. The first-order chi connectivity index (χ1) is 13.8. The summed E-state index contributed by atoms with van der Waals surface area (Å²) in [6.07, 6.45) is -3.09. The molecule has 0 saturated heterocycles. The van der Waals surface area contributed by atoms with Gasteiger partial charge in [0, 0.05) is 12.1 Å². The zero-order valence-corrected chi connectivity index (χ0v) is 15.4. The first-order valence-corrected chi connectivity index (χ1v) is 8.71. The number of alkyl halides is 3. The number of carbonyl (C=O) groups is 2. The Hall–Kier alpha value is -3.43. The van der Waals surface area contributed by atoms with Gasteiger partial charge in [0.25, 0.3) is 5.91 Å². The summed E-state index contributed by atoms with van der Waals surface area (Å²) in [4.78, 5) is 28.6. The van der Waals surface area contributed by atoms with Gasteiger partial charge in [-0.1, -0.05) is 30.3 Å². The first kappa shape index (κ1) is 20.3. The summed E-state index contributed by atoms with van der Waals surface area (Å²) < 4.78 is 43.0. The molecule has 2 heterocycles. The fraction of sp³-hybridized carbons (Fsp3) is 0.263. The van der Waals surface area contributed by atoms with Crippen LogP contribution in [0.5, 0.6) is 0 Å². The molecule has 0 fully saturated rings. The number of benzene rings is 1. The van der Waals surface area contributed by atoms with Gasteiger partial charge in [0.15, 0.2) is 12.3 Å². The number of nitrogens with zero attached hydrogens (tertiary/aromatic N) is 3. The molecule has 0 radical (unpaired) electrons. The van der Waals surface area contributed by atoms with Gasteiger partial charge < -0.3 is 10.1 Å². The van der Waals surface area contributed by atoms with Crippen LogP contribution in [-0.2, 0) is 16.1 Å². The molecule has 0 aliphatic carbocycles. The standard InChI is InChI=1S/C19H17F3N4O3/c1-2-26-17-14(9-24-26)13(8-15(25-17)12-6-4-3-5-7-12)18(28)29-10-16(27)23-11-19(20,21)22/h3-9H,2,10-11H2,1H3,(H,23,27). The largest absolute Gasteiger partial charge is 0.452 e. The summed E-state index contributed by atoms with van der Waals surface area (Å²) in [5.74, 6) is -1.90. The fourth-order valence-electron chi connectivity index (χ4n) is 2.66. The summed E-state index contributed by atoms with van der Waals surface area (Å²) >= 11 is 0. The number of carbonyl (C=O) groups excluding carboxylic acids is 2. The van der Waals surface area contributed by atoms with Crippen LogP contribution in [0, 0.1) is 0 Å². The Balaban J connectivity index is 1.86. The normalized spacial score (nSPS) is 11.4. The summed E-state index contributed by atoms with van der Waals surface area (Å²) in [7, 11) is 0. The Kier molecular flexibility index (Phi) is 5.81. The molecule has 1 aromatic carbocycles. The molecule has 3 rings (SSSR count). The minimum Gasteiger partial charge on any atom is -0.452 e. The molecule has 0 bridgehead atoms. The molecule has 0 unspecified atom stereocenters. The van der Waals surface area contributed by atoms with E-state index >= 15 is 0 Å². The van der Waals surface area contributed by atoms with Crippen molar-refractivity contribution in [2.45, 2.75) is 19.6 Å². The van der Waals surface area contributed by atoms with E-state index in [2.05, 4.69) is 10.1 Å². The molecule has 2 aromatic heterocycles. The predicted molar refractivity (Wildman–Crippen MR) is 98.0 cm³/mol. The number of esters is 1. The lowest BCUT2D eigenvalue weighted by Crippen LogP contribution is -2.36. The van der Waals surface area contributed by atoms with Crippen molar-refractivity contribution in [2.24, 2.45) is 0 Å². The molecule has 1 amide bonds. The van der Waals surface area contributed by atoms with Crippen molar-refractivity contribution in [1.29, 1.82) is 0 Å². The molecule has 0 saturated carbocycles. The Morgan fingerprint density at radius 3 is 2.59 bits per heavy atom. The van der Waals surface area contributed by atoms with Crippen molar-refractivity contribution < 1.29 is 27.5 Å². The molecule has 0 aliphatic rings. The van der Waals surface area contributed by atoms with Crippen molar-refractivity contribution in [3.63, 3.8) is 0 Å². The van der Waals surface area contributed by atoms with Crippen LogP contribution in [0.15, 0.2) is 42.6 Å². The van der Waals surface area contributed by atoms with Gasteiger partial charge >= 0.3 is 12.1 Å². The zero-order valence-electron chi connectivity index (χ0n) is 15.4. The van der Waals surface area contributed by atoms with Gasteiger partial charge in [-0.25, -0.2) is 14.5 Å². The van der Waals surface area contributed by atoms with Gasteiger partial charge in [-0.3, -0.25) is 4.79 Å². The molecule has 0 aliphatic heterocycles. The lowest BCUT2D eigenvalue weighted by atomic mass is 10.1. The van der Waals surface area contributed by atoms with Crippen LogP contribution in [0.2, 0.25) is 0 Å². The number of fused-ring (bicyclic) bond motifs is 1. The molecule has 10 heteroatoms. The SMILES string of the molecule is CCn1ncc2c(C(=O)OCC(=O)NCC(F)(F)F)cc(-c3ccccc3)nc21. The summed E-state index contributed by atoms with van der Waals surface area (Å²) in [6.45, 7) is 0.0565. The van der Waals surface area contributed by atoms with Crippen molar-refractivity contribution in [1.82, 2.24) is 20.1 Å². The van der Waals surface area contributed by atoms with E-state index in [9.17, 15) is 22.8 Å². The average Bonchev–Trinajstić information content (AvgIpc) is 3.13. The smallest absolute Gasteiger partial charge is 0.405 e. The average molecular weight is 406 g/mol. The quantitative estimate of drug-likeness (QED) is 0.636. The van der Waals surface area contributed by atoms with Crippen molar-refractivity contribution >= 4 is 22.9 Å². The van der Waals surface area contributed by atoms with Crippen LogP contribution in [0.3, 0.4) is 0 Å². The van der Waals surface area contributed by atoms with Gasteiger partial charge in [-0.05, 0) is 13.0 Å². The topological polar surface area (TPSA) is 86.1 Å². The molecule has 29 heavy (non-hydrogen) atoms. The monoisotopic (exact) mass is 406 g/mol. The van der Waals surface area contributed by atoms with E-state index in [4.69, 9.17) is 4.74 Å². The van der Waals surface area contributed by atoms with Crippen molar-refractivity contribution in [2.75, 3.05) is 13.2 Å². The minimum atomic E-state index is -4.55. The summed E-state index contributed by atoms with van der Waals surface area (Å²) in [6, 6.07) is 10.6. The number of pyridine rings is 1. The Morgan fingerprint density at radius 1 is 1.21 bits per heavy atom. The van der Waals surface area contributed by atoms with E-state index in [0.717, 1.165) is 5.56 Å². The summed E-state index contributed by atoms with van der Waals surface area (Å²) in [5, 5.41) is 6.26. The molecular formula is C19H17F3N4O3. The third-order valence-electron chi connectivity index (χ3n) is 4.02. The van der Waals surface area contributed by atoms with Crippen LogP contribution in [0.1, 0.15) is 17.3 Å². The lowest BCUT2D eigenvalue weighted by Gasteiger charge is -2.10. The van der Waals surface area contributed by atoms with E-state index < -0.39 is 31.2 Å². The van der Waals surface area contributed by atoms with E-state index in [1.54, 1.807) is 10.00 Å². The van der Waals surface area contributed by atoms with E-state index in [1.807, 2.05) is 37.3 Å². The van der Waals surface area contributed by atoms with E-state index in [0.29, 0.717) is 23.3 Å². The number of aryl methyl sites for hydroxylation is 1. The molecule has 0 spiro atoms. The molecule has 0 atom stereocenters. The lowest BCUT2D eigenvalue weighted by molar-refractivity contribution is -0.140. The predicted octanol–water partition coefficient (Wildman–Crippen LogP) is 2.95. The molecule has 7 nitrogen and oxygen atoms in total. The highest BCUT2D eigenvalue weighted by molar-refractivity contribution is 6.04. The van der Waals surface area contributed by atoms with Gasteiger partial charge in [0.05, 0.1) is 22.8 Å². The number of hydrogen-bond donors (Lipinski definition) is 1. The second-order valence-corrected chi connectivity index (χ2v) is 6.09. The van der Waals surface area contributed by atoms with Gasteiger partial charge in [0.1, 0.15) is 6.54 Å². The van der Waals surface area contributed by atoms with Gasteiger partial charge in [-0.15, -0.1) is 0 Å². The number of halogens is 3. The highest BCUT2D eigenvalue weighted by Crippen LogP contribution is 2.25. The van der Waals surface area contributed by atoms with Crippen LogP contribution in [-0.4, -0.2) is 46.0 Å². The molecule has 3 aromatic rings. The maximum Gasteiger partial charge on any atom is 0.405 e. The van der Waals surface area contributed by atoms with Crippen LogP contribution < -0.4 is 5.32 Å². The van der Waals surface area contributed by atoms with E-state index in [1.165, 1.54) is 12.3 Å². The highest BCUT2D eigenvalue weighted by atomic mass is 19.4. The maximum atomic E-state index is 12.6. The molecule has 1 N–H and O–H groups in total. The molecule has 152 valence electrons. The van der Waals surface area contributed by atoms with Crippen LogP contribution >= 0.6 is 0 Å². The number of amides is 1. The number of aromatic nitrogens is 3. The number of hydrogen-bond acceptors (Lipinski definition) is 5. The van der Waals surface area contributed by atoms with Crippen molar-refractivity contribution in [3.8, 4) is 11.3 Å². The third-order valence-corrected chi connectivity index (χ3v) is 4.02. The second kappa shape index (κ2) is 8.29.